The fourth-order valence-corrected chi connectivity index (χ4v) is 1.65. The second-order valence-electron chi connectivity index (χ2n) is 4.35. The van der Waals surface area contributed by atoms with Crippen LogP contribution in [0.2, 0.25) is 0 Å². The fourth-order valence-electron chi connectivity index (χ4n) is 1.65. The number of hydrogen-bond acceptors (Lipinski definition) is 3. The molecule has 17 heavy (non-hydrogen) atoms. The van der Waals surface area contributed by atoms with E-state index in [4.69, 9.17) is 4.74 Å². The minimum absolute atomic E-state index is 0.163. The van der Waals surface area contributed by atoms with Crippen molar-refractivity contribution in [1.29, 1.82) is 0 Å². The third-order valence-corrected chi connectivity index (χ3v) is 2.76. The number of nitrogens with zero attached hydrogens (tertiary/aromatic N) is 1. The molecule has 0 saturated carbocycles. The molecular weight excluding hydrogens is 214 g/mol. The summed E-state index contributed by atoms with van der Waals surface area (Å²) in [4.78, 5) is 13.9. The first kappa shape index (κ1) is 13.8. The molecule has 3 heteroatoms. The number of esters is 1. The normalized spacial score (nSPS) is 14.7. The highest BCUT2D eigenvalue weighted by atomic mass is 16.5. The second-order valence-corrected chi connectivity index (χ2v) is 4.35. The third kappa shape index (κ3) is 5.07. The van der Waals surface area contributed by atoms with Crippen LogP contribution in [0, 0.1) is 0 Å². The lowest BCUT2D eigenvalue weighted by molar-refractivity contribution is -0.139. The summed E-state index contributed by atoms with van der Waals surface area (Å²) in [5.74, 6) is -0.163. The summed E-state index contributed by atoms with van der Waals surface area (Å²) in [7, 11) is 0. The van der Waals surface area contributed by atoms with Crippen LogP contribution in [0.25, 0.3) is 0 Å². The van der Waals surface area contributed by atoms with E-state index in [0.717, 1.165) is 31.4 Å². The van der Waals surface area contributed by atoms with Gasteiger partial charge < -0.3 is 9.64 Å². The van der Waals surface area contributed by atoms with Crippen LogP contribution in [0.15, 0.2) is 23.9 Å². The molecule has 0 atom stereocenters. The topological polar surface area (TPSA) is 29.5 Å². The molecule has 1 rings (SSSR count). The summed E-state index contributed by atoms with van der Waals surface area (Å²) < 4.78 is 5.21. The van der Waals surface area contributed by atoms with Crippen molar-refractivity contribution in [3.63, 3.8) is 0 Å². The Morgan fingerprint density at radius 1 is 1.35 bits per heavy atom. The van der Waals surface area contributed by atoms with Gasteiger partial charge in [0.05, 0.1) is 12.2 Å². The lowest BCUT2D eigenvalue weighted by Crippen LogP contribution is -2.27. The molecule has 0 unspecified atom stereocenters. The number of unbranched alkanes of at least 4 members (excludes halogenated alkanes) is 2. The molecule has 0 aromatic carbocycles. The summed E-state index contributed by atoms with van der Waals surface area (Å²) in [5, 5.41) is 0. The Labute approximate surface area is 104 Å². The van der Waals surface area contributed by atoms with Crippen molar-refractivity contribution in [1.82, 2.24) is 4.90 Å². The first-order chi connectivity index (χ1) is 8.27. The second kappa shape index (κ2) is 7.93. The Morgan fingerprint density at radius 3 is 2.82 bits per heavy atom. The molecule has 3 nitrogen and oxygen atoms in total. The van der Waals surface area contributed by atoms with Gasteiger partial charge in [-0.25, -0.2) is 4.79 Å². The van der Waals surface area contributed by atoms with Crippen LogP contribution in [-0.4, -0.2) is 30.6 Å². The maximum atomic E-state index is 11.7. The molecule has 96 valence electrons. The minimum atomic E-state index is -0.163. The van der Waals surface area contributed by atoms with Gasteiger partial charge in [0.2, 0.25) is 0 Å². The van der Waals surface area contributed by atoms with E-state index < -0.39 is 0 Å². The summed E-state index contributed by atoms with van der Waals surface area (Å²) in [6.45, 7) is 6.48. The molecule has 0 aromatic rings. The van der Waals surface area contributed by atoms with Crippen molar-refractivity contribution in [3.05, 3.63) is 23.9 Å². The van der Waals surface area contributed by atoms with Gasteiger partial charge in [0.1, 0.15) is 0 Å². The van der Waals surface area contributed by atoms with Gasteiger partial charge in [-0.3, -0.25) is 0 Å². The van der Waals surface area contributed by atoms with Crippen molar-refractivity contribution < 1.29 is 9.53 Å². The lowest BCUT2D eigenvalue weighted by Gasteiger charge is -2.23. The number of carbonyl (C=O) groups is 1. The average Bonchev–Trinajstić information content (AvgIpc) is 2.37. The Hall–Kier alpha value is -1.25. The third-order valence-electron chi connectivity index (χ3n) is 2.76. The summed E-state index contributed by atoms with van der Waals surface area (Å²) in [5.41, 5.74) is 0.764. The Kier molecular flexibility index (Phi) is 6.45. The SMILES string of the molecule is CCCCOC(=O)C1=CC=CN(CCCC)C1. The summed E-state index contributed by atoms with van der Waals surface area (Å²) in [6, 6.07) is 0. The van der Waals surface area contributed by atoms with E-state index in [-0.39, 0.29) is 5.97 Å². The molecule has 0 amide bonds. The molecule has 0 aliphatic carbocycles. The van der Waals surface area contributed by atoms with Crippen molar-refractivity contribution in [2.75, 3.05) is 19.7 Å². The molecule has 0 aromatic heterocycles. The van der Waals surface area contributed by atoms with Crippen LogP contribution in [-0.2, 0) is 9.53 Å². The van der Waals surface area contributed by atoms with Crippen LogP contribution >= 0.6 is 0 Å². The summed E-state index contributed by atoms with van der Waals surface area (Å²) in [6.07, 6.45) is 10.1. The van der Waals surface area contributed by atoms with Gasteiger partial charge in [-0.15, -0.1) is 0 Å². The Morgan fingerprint density at radius 2 is 2.12 bits per heavy atom. The quantitative estimate of drug-likeness (QED) is 0.503. The molecule has 0 fully saturated rings. The van der Waals surface area contributed by atoms with E-state index >= 15 is 0 Å². The Bertz CT molecular complexity index is 295. The van der Waals surface area contributed by atoms with Gasteiger partial charge in [0.15, 0.2) is 0 Å². The van der Waals surface area contributed by atoms with Gasteiger partial charge in [-0.1, -0.05) is 26.7 Å². The maximum absolute atomic E-state index is 11.7. The standard InChI is InChI=1S/C14H23NO2/c1-3-5-9-15-10-7-8-13(12-15)14(16)17-11-6-4-2/h7-8,10H,3-6,9,11-12H2,1-2H3. The zero-order valence-corrected chi connectivity index (χ0v) is 10.9. The number of carbonyl (C=O) groups excluding carboxylic acids is 1. The van der Waals surface area contributed by atoms with Crippen LogP contribution in [0.5, 0.6) is 0 Å². The highest BCUT2D eigenvalue weighted by Gasteiger charge is 2.15. The predicted octanol–water partition coefficient (Wildman–Crippen LogP) is 2.89. The van der Waals surface area contributed by atoms with E-state index in [0.29, 0.717) is 13.2 Å². The van der Waals surface area contributed by atoms with Gasteiger partial charge in [0.25, 0.3) is 0 Å². The zero-order chi connectivity index (χ0) is 12.5. The molecular formula is C14H23NO2. The Balaban J connectivity index is 2.36. The van der Waals surface area contributed by atoms with Crippen molar-refractivity contribution in [2.45, 2.75) is 39.5 Å². The monoisotopic (exact) mass is 237 g/mol. The van der Waals surface area contributed by atoms with E-state index in [9.17, 15) is 4.79 Å². The number of allylic oxidation sites excluding steroid dienone is 2. The van der Waals surface area contributed by atoms with E-state index in [1.807, 2.05) is 18.4 Å². The van der Waals surface area contributed by atoms with Crippen LogP contribution in [0.1, 0.15) is 39.5 Å². The average molecular weight is 237 g/mol. The molecule has 0 radical (unpaired) electrons. The number of ether oxygens (including phenoxy) is 1. The molecule has 0 saturated heterocycles. The van der Waals surface area contributed by atoms with Crippen LogP contribution < -0.4 is 0 Å². The van der Waals surface area contributed by atoms with Crippen molar-refractivity contribution in [3.8, 4) is 0 Å². The number of rotatable bonds is 7. The predicted molar refractivity (Wildman–Crippen MR) is 69.6 cm³/mol. The smallest absolute Gasteiger partial charge is 0.335 e. The van der Waals surface area contributed by atoms with E-state index in [2.05, 4.69) is 18.7 Å². The first-order valence-corrected chi connectivity index (χ1v) is 6.56. The molecule has 1 heterocycles. The van der Waals surface area contributed by atoms with Gasteiger partial charge >= 0.3 is 5.97 Å². The van der Waals surface area contributed by atoms with Crippen LogP contribution in [0.4, 0.5) is 0 Å². The maximum Gasteiger partial charge on any atom is 0.335 e. The first-order valence-electron chi connectivity index (χ1n) is 6.56. The molecule has 0 N–H and O–H groups in total. The molecule has 1 aliphatic heterocycles. The van der Waals surface area contributed by atoms with E-state index in [1.54, 1.807) is 0 Å². The largest absolute Gasteiger partial charge is 0.462 e. The summed E-state index contributed by atoms with van der Waals surface area (Å²) >= 11 is 0. The van der Waals surface area contributed by atoms with E-state index in [1.165, 1.54) is 6.42 Å². The zero-order valence-electron chi connectivity index (χ0n) is 10.9. The molecule has 0 bridgehead atoms. The van der Waals surface area contributed by atoms with Gasteiger partial charge in [-0.2, -0.15) is 0 Å². The van der Waals surface area contributed by atoms with Crippen molar-refractivity contribution >= 4 is 5.97 Å². The van der Waals surface area contributed by atoms with Crippen molar-refractivity contribution in [2.24, 2.45) is 0 Å². The lowest BCUT2D eigenvalue weighted by atomic mass is 10.2. The molecule has 1 aliphatic rings. The van der Waals surface area contributed by atoms with Crippen LogP contribution in [0.3, 0.4) is 0 Å². The minimum Gasteiger partial charge on any atom is -0.462 e. The van der Waals surface area contributed by atoms with Gasteiger partial charge in [-0.05, 0) is 31.2 Å². The van der Waals surface area contributed by atoms with Gasteiger partial charge in [0, 0.05) is 13.1 Å². The number of hydrogen-bond donors (Lipinski definition) is 0. The molecule has 0 spiro atoms. The fraction of sp³-hybridized carbons (Fsp3) is 0.643. The highest BCUT2D eigenvalue weighted by Crippen LogP contribution is 2.10. The highest BCUT2D eigenvalue weighted by molar-refractivity contribution is 5.89.